The van der Waals surface area contributed by atoms with E-state index in [1.165, 1.54) is 4.57 Å². The Labute approximate surface area is 185 Å². The SMILES string of the molecule is CCCn1c(=O)n(CC(=O)NNC(=O)C(C)Oc2ccc(OCC)cc2)c2ccccc21. The topological polar surface area (TPSA) is 104 Å². The highest BCUT2D eigenvalue weighted by Crippen LogP contribution is 2.18. The summed E-state index contributed by atoms with van der Waals surface area (Å²) in [5, 5.41) is 0. The Balaban J connectivity index is 1.58. The van der Waals surface area contributed by atoms with Crippen LogP contribution in [0.5, 0.6) is 11.5 Å². The number of hydrogen-bond donors (Lipinski definition) is 2. The maximum Gasteiger partial charge on any atom is 0.329 e. The molecule has 0 saturated carbocycles. The van der Waals surface area contributed by atoms with Gasteiger partial charge >= 0.3 is 5.69 Å². The molecule has 2 amide bonds. The smallest absolute Gasteiger partial charge is 0.329 e. The Morgan fingerprint density at radius 3 is 2.19 bits per heavy atom. The number of carbonyl (C=O) groups excluding carboxylic acids is 2. The Hall–Kier alpha value is -3.75. The van der Waals surface area contributed by atoms with Crippen molar-refractivity contribution < 1.29 is 19.1 Å². The zero-order chi connectivity index (χ0) is 23.1. The summed E-state index contributed by atoms with van der Waals surface area (Å²) in [4.78, 5) is 37.5. The van der Waals surface area contributed by atoms with Crippen molar-refractivity contribution in [1.29, 1.82) is 0 Å². The second-order valence-corrected chi connectivity index (χ2v) is 7.21. The molecule has 1 atom stereocenters. The molecule has 1 unspecified atom stereocenters. The van der Waals surface area contributed by atoms with Gasteiger partial charge in [0, 0.05) is 6.54 Å². The van der Waals surface area contributed by atoms with E-state index in [4.69, 9.17) is 9.47 Å². The number of rotatable bonds is 9. The predicted molar refractivity (Wildman–Crippen MR) is 120 cm³/mol. The van der Waals surface area contributed by atoms with E-state index in [1.54, 1.807) is 41.8 Å². The molecule has 9 nitrogen and oxygen atoms in total. The molecule has 1 heterocycles. The van der Waals surface area contributed by atoms with Crippen molar-refractivity contribution in [3.63, 3.8) is 0 Å². The van der Waals surface area contributed by atoms with Crippen molar-refractivity contribution in [2.75, 3.05) is 6.61 Å². The van der Waals surface area contributed by atoms with E-state index in [0.717, 1.165) is 11.9 Å². The van der Waals surface area contributed by atoms with Gasteiger partial charge in [0.25, 0.3) is 11.8 Å². The molecule has 0 bridgehead atoms. The monoisotopic (exact) mass is 440 g/mol. The van der Waals surface area contributed by atoms with Crippen LogP contribution in [0.25, 0.3) is 11.0 Å². The number of para-hydroxylation sites is 2. The van der Waals surface area contributed by atoms with Gasteiger partial charge in [-0.05, 0) is 56.7 Å². The molecule has 2 aromatic carbocycles. The van der Waals surface area contributed by atoms with Gasteiger partial charge in [-0.2, -0.15) is 0 Å². The number of hydrogen-bond acceptors (Lipinski definition) is 5. The van der Waals surface area contributed by atoms with Gasteiger partial charge in [0.1, 0.15) is 18.0 Å². The first-order valence-corrected chi connectivity index (χ1v) is 10.6. The molecule has 0 aliphatic rings. The number of benzene rings is 2. The minimum Gasteiger partial charge on any atom is -0.494 e. The molecule has 3 rings (SSSR count). The summed E-state index contributed by atoms with van der Waals surface area (Å²) >= 11 is 0. The average Bonchev–Trinajstić information content (AvgIpc) is 3.05. The van der Waals surface area contributed by atoms with Crippen molar-refractivity contribution >= 4 is 22.8 Å². The molecule has 0 radical (unpaired) electrons. The Morgan fingerprint density at radius 2 is 1.56 bits per heavy atom. The normalized spacial score (nSPS) is 11.7. The molecule has 3 aromatic rings. The first-order chi connectivity index (χ1) is 15.4. The van der Waals surface area contributed by atoms with E-state index in [9.17, 15) is 14.4 Å². The van der Waals surface area contributed by atoms with Crippen LogP contribution >= 0.6 is 0 Å². The minimum atomic E-state index is -0.845. The molecule has 1 aromatic heterocycles. The van der Waals surface area contributed by atoms with Crippen LogP contribution in [0.15, 0.2) is 53.3 Å². The fourth-order valence-electron chi connectivity index (χ4n) is 3.32. The van der Waals surface area contributed by atoms with Gasteiger partial charge in [0.05, 0.1) is 17.6 Å². The standard InChI is InChI=1S/C23H28N4O5/c1-4-14-26-19-8-6-7-9-20(19)27(23(26)30)15-21(28)24-25-22(29)16(3)32-18-12-10-17(11-13-18)31-5-2/h6-13,16H,4-5,14-15H2,1-3H3,(H,24,28)(H,25,29). The number of nitrogens with one attached hydrogen (secondary N) is 2. The van der Waals surface area contributed by atoms with E-state index in [-0.39, 0.29) is 12.2 Å². The quantitative estimate of drug-likeness (QED) is 0.497. The molecular weight excluding hydrogens is 412 g/mol. The summed E-state index contributed by atoms with van der Waals surface area (Å²) in [5.74, 6) is 0.165. The maximum absolute atomic E-state index is 12.8. The predicted octanol–water partition coefficient (Wildman–Crippen LogP) is 2.23. The lowest BCUT2D eigenvalue weighted by Crippen LogP contribution is -2.48. The number of hydrazine groups is 1. The van der Waals surface area contributed by atoms with Gasteiger partial charge in [0.15, 0.2) is 6.10 Å². The Bertz CT molecular complexity index is 1130. The van der Waals surface area contributed by atoms with E-state index < -0.39 is 17.9 Å². The zero-order valence-corrected chi connectivity index (χ0v) is 18.5. The fraction of sp³-hybridized carbons (Fsp3) is 0.348. The summed E-state index contributed by atoms with van der Waals surface area (Å²) < 4.78 is 14.0. The highest BCUT2D eigenvalue weighted by atomic mass is 16.5. The summed E-state index contributed by atoms with van der Waals surface area (Å²) in [6.45, 7) is 6.35. The third-order valence-corrected chi connectivity index (χ3v) is 4.82. The molecule has 0 spiro atoms. The molecular formula is C23H28N4O5. The maximum atomic E-state index is 12.8. The first-order valence-electron chi connectivity index (χ1n) is 10.6. The van der Waals surface area contributed by atoms with Gasteiger partial charge < -0.3 is 9.47 Å². The molecule has 32 heavy (non-hydrogen) atoms. The van der Waals surface area contributed by atoms with E-state index in [1.807, 2.05) is 32.0 Å². The van der Waals surface area contributed by atoms with Gasteiger partial charge in [0.2, 0.25) is 0 Å². The number of carbonyl (C=O) groups is 2. The van der Waals surface area contributed by atoms with Crippen LogP contribution in [0, 0.1) is 0 Å². The Morgan fingerprint density at radius 1 is 0.938 bits per heavy atom. The molecule has 0 aliphatic heterocycles. The van der Waals surface area contributed by atoms with Crippen molar-refractivity contribution in [3.05, 3.63) is 59.0 Å². The van der Waals surface area contributed by atoms with Crippen LogP contribution in [0.4, 0.5) is 0 Å². The molecule has 0 saturated heterocycles. The Kier molecular flexibility index (Phi) is 7.54. The van der Waals surface area contributed by atoms with Gasteiger partial charge in [-0.3, -0.25) is 29.6 Å². The first kappa shape index (κ1) is 22.9. The molecule has 2 N–H and O–H groups in total. The van der Waals surface area contributed by atoms with E-state index >= 15 is 0 Å². The van der Waals surface area contributed by atoms with E-state index in [0.29, 0.717) is 30.2 Å². The van der Waals surface area contributed by atoms with Crippen LogP contribution < -0.4 is 26.0 Å². The highest BCUT2D eigenvalue weighted by Gasteiger charge is 2.18. The lowest BCUT2D eigenvalue weighted by Gasteiger charge is -2.15. The van der Waals surface area contributed by atoms with Crippen molar-refractivity contribution in [3.8, 4) is 11.5 Å². The number of aromatic nitrogens is 2. The summed E-state index contributed by atoms with van der Waals surface area (Å²) in [5.41, 5.74) is 5.87. The average molecular weight is 441 g/mol. The van der Waals surface area contributed by atoms with Gasteiger partial charge in [-0.1, -0.05) is 19.1 Å². The second-order valence-electron chi connectivity index (χ2n) is 7.21. The van der Waals surface area contributed by atoms with Crippen molar-refractivity contribution in [1.82, 2.24) is 20.0 Å². The number of aryl methyl sites for hydroxylation is 1. The highest BCUT2D eigenvalue weighted by molar-refractivity contribution is 5.85. The second kappa shape index (κ2) is 10.5. The van der Waals surface area contributed by atoms with Crippen LogP contribution in [0.1, 0.15) is 27.2 Å². The third kappa shape index (κ3) is 5.29. The minimum absolute atomic E-state index is 0.218. The van der Waals surface area contributed by atoms with Gasteiger partial charge in [-0.25, -0.2) is 4.79 Å². The molecule has 9 heteroatoms. The van der Waals surface area contributed by atoms with Gasteiger partial charge in [-0.15, -0.1) is 0 Å². The van der Waals surface area contributed by atoms with E-state index in [2.05, 4.69) is 10.9 Å². The molecule has 0 aliphatic carbocycles. The number of nitrogens with zero attached hydrogens (tertiary/aromatic N) is 2. The van der Waals surface area contributed by atoms with Crippen LogP contribution in [-0.2, 0) is 22.7 Å². The summed E-state index contributed by atoms with van der Waals surface area (Å²) in [6.07, 6.45) is -0.0509. The lowest BCUT2D eigenvalue weighted by atomic mass is 10.3. The van der Waals surface area contributed by atoms with Crippen LogP contribution in [0.2, 0.25) is 0 Å². The number of fused-ring (bicyclic) bond motifs is 1. The van der Waals surface area contributed by atoms with Crippen molar-refractivity contribution in [2.24, 2.45) is 0 Å². The lowest BCUT2D eigenvalue weighted by molar-refractivity contribution is -0.132. The number of imidazole rings is 1. The summed E-state index contributed by atoms with van der Waals surface area (Å²) in [7, 11) is 0. The largest absolute Gasteiger partial charge is 0.494 e. The zero-order valence-electron chi connectivity index (χ0n) is 18.5. The van der Waals surface area contributed by atoms with Crippen LogP contribution in [-0.4, -0.2) is 33.7 Å². The molecule has 170 valence electrons. The summed E-state index contributed by atoms with van der Waals surface area (Å²) in [6, 6.07) is 14.2. The fourth-order valence-corrected chi connectivity index (χ4v) is 3.32. The number of ether oxygens (including phenoxy) is 2. The van der Waals surface area contributed by atoms with Crippen LogP contribution in [0.3, 0.4) is 0 Å². The third-order valence-electron chi connectivity index (χ3n) is 4.82. The molecule has 0 fully saturated rings. The number of amides is 2. The van der Waals surface area contributed by atoms with Crippen molar-refractivity contribution in [2.45, 2.75) is 46.4 Å².